The topological polar surface area (TPSA) is 67.7 Å². The molecule has 0 saturated heterocycles. The average molecular weight is 517 g/mol. The molecule has 0 atom stereocenters. The molecule has 0 spiro atoms. The van der Waals surface area contributed by atoms with Crippen molar-refractivity contribution in [1.82, 2.24) is 19.8 Å². The van der Waals surface area contributed by atoms with Gasteiger partial charge in [-0.2, -0.15) is 10.1 Å². The van der Waals surface area contributed by atoms with Gasteiger partial charge in [0.15, 0.2) is 0 Å². The van der Waals surface area contributed by atoms with Gasteiger partial charge in [-0.05, 0) is 51.7 Å². The van der Waals surface area contributed by atoms with Gasteiger partial charge in [0.1, 0.15) is 16.8 Å². The second-order valence-corrected chi connectivity index (χ2v) is 10.7. The van der Waals surface area contributed by atoms with Crippen molar-refractivity contribution >= 4 is 46.1 Å². The lowest BCUT2D eigenvalue weighted by molar-refractivity contribution is -0.0369. The van der Waals surface area contributed by atoms with Gasteiger partial charge in [0.25, 0.3) is 5.91 Å². The Morgan fingerprint density at radius 1 is 1.14 bits per heavy atom. The van der Waals surface area contributed by atoms with Gasteiger partial charge in [-0.15, -0.1) is 0 Å². The lowest BCUT2D eigenvalue weighted by Gasteiger charge is -2.33. The summed E-state index contributed by atoms with van der Waals surface area (Å²) in [7, 11) is 1.70. The molecule has 1 aromatic heterocycles. The molecule has 0 N–H and O–H groups in total. The first-order chi connectivity index (χ1) is 16.5. The molecule has 186 valence electrons. The molecule has 1 saturated carbocycles. The Labute approximate surface area is 215 Å². The normalized spacial score (nSPS) is 13.9. The van der Waals surface area contributed by atoms with E-state index in [1.807, 2.05) is 31.2 Å². The number of carbonyl (C=O) groups is 2. The van der Waals surface area contributed by atoms with Crippen molar-refractivity contribution < 1.29 is 14.3 Å². The van der Waals surface area contributed by atoms with Crippen molar-refractivity contribution in [3.63, 3.8) is 0 Å². The highest BCUT2D eigenvalue weighted by Gasteiger charge is 2.37. The van der Waals surface area contributed by atoms with E-state index in [4.69, 9.17) is 27.9 Å². The van der Waals surface area contributed by atoms with Gasteiger partial charge in [0.2, 0.25) is 0 Å². The van der Waals surface area contributed by atoms with Crippen LogP contribution in [0.4, 0.5) is 4.79 Å². The molecule has 1 aliphatic carbocycles. The van der Waals surface area contributed by atoms with Crippen LogP contribution in [0.5, 0.6) is 0 Å². The van der Waals surface area contributed by atoms with E-state index in [-0.39, 0.29) is 0 Å². The fourth-order valence-electron chi connectivity index (χ4n) is 4.08. The van der Waals surface area contributed by atoms with Crippen LogP contribution in [-0.2, 0) is 11.8 Å². The molecule has 7 nitrogen and oxygen atoms in total. The van der Waals surface area contributed by atoms with Gasteiger partial charge >= 0.3 is 6.09 Å². The number of ether oxygens (including phenoxy) is 1. The Balaban J connectivity index is 1.81. The lowest BCUT2D eigenvalue weighted by Crippen LogP contribution is -2.52. The molecule has 0 radical (unpaired) electrons. The number of fused-ring (bicyclic) bond motifs is 1. The molecule has 35 heavy (non-hydrogen) atoms. The summed E-state index contributed by atoms with van der Waals surface area (Å²) in [5.41, 5.74) is 1.69. The van der Waals surface area contributed by atoms with E-state index in [1.54, 1.807) is 45.0 Å². The van der Waals surface area contributed by atoms with Crippen LogP contribution in [0.1, 0.15) is 51.0 Å². The maximum absolute atomic E-state index is 14.0. The van der Waals surface area contributed by atoms with Crippen molar-refractivity contribution in [2.24, 2.45) is 13.0 Å². The Kier molecular flexibility index (Phi) is 7.13. The van der Waals surface area contributed by atoms with E-state index in [0.29, 0.717) is 45.6 Å². The summed E-state index contributed by atoms with van der Waals surface area (Å²) >= 11 is 12.6. The molecule has 4 rings (SSSR count). The molecule has 0 unspecified atom stereocenters. The summed E-state index contributed by atoms with van der Waals surface area (Å²) in [6.07, 6.45) is 1.48. The van der Waals surface area contributed by atoms with Crippen LogP contribution in [0.15, 0.2) is 36.4 Å². The second-order valence-electron chi connectivity index (χ2n) is 9.84. The number of carbonyl (C=O) groups excluding carboxylic acids is 2. The number of rotatable bonds is 6. The molecule has 1 aliphatic rings. The van der Waals surface area contributed by atoms with Crippen LogP contribution in [0.3, 0.4) is 0 Å². The zero-order valence-corrected chi connectivity index (χ0v) is 22.2. The smallest absolute Gasteiger partial charge is 0.432 e. The number of aryl methyl sites for hydroxylation is 1. The highest BCUT2D eigenvalue weighted by Crippen LogP contribution is 2.36. The number of benzene rings is 2. The Morgan fingerprint density at radius 3 is 2.46 bits per heavy atom. The largest absolute Gasteiger partial charge is 0.442 e. The second kappa shape index (κ2) is 9.80. The monoisotopic (exact) mass is 516 g/mol. The van der Waals surface area contributed by atoms with E-state index >= 15 is 0 Å². The molecule has 2 amide bonds. The van der Waals surface area contributed by atoms with E-state index in [9.17, 15) is 9.59 Å². The van der Waals surface area contributed by atoms with Crippen molar-refractivity contribution in [3.05, 3.63) is 52.1 Å². The number of hydrogen-bond acceptors (Lipinski definition) is 5. The summed E-state index contributed by atoms with van der Waals surface area (Å²) in [5, 5.41) is 9.21. The van der Waals surface area contributed by atoms with Crippen LogP contribution < -0.4 is 0 Å². The van der Waals surface area contributed by atoms with E-state index in [0.717, 1.165) is 29.0 Å². The highest BCUT2D eigenvalue weighted by molar-refractivity contribution is 6.36. The number of halogens is 2. The van der Waals surface area contributed by atoms with Crippen LogP contribution in [0.2, 0.25) is 10.0 Å². The van der Waals surface area contributed by atoms with Gasteiger partial charge in [-0.3, -0.25) is 9.48 Å². The molecule has 0 bridgehead atoms. The van der Waals surface area contributed by atoms with E-state index in [2.05, 4.69) is 5.10 Å². The molecule has 3 aromatic rings. The van der Waals surface area contributed by atoms with Gasteiger partial charge in [0, 0.05) is 46.7 Å². The fourth-order valence-corrected chi connectivity index (χ4v) is 4.59. The average Bonchev–Trinajstić information content (AvgIpc) is 3.51. The minimum Gasteiger partial charge on any atom is -0.442 e. The van der Waals surface area contributed by atoms with E-state index in [1.165, 1.54) is 4.68 Å². The van der Waals surface area contributed by atoms with Crippen molar-refractivity contribution in [2.45, 2.75) is 46.1 Å². The first-order valence-corrected chi connectivity index (χ1v) is 12.5. The van der Waals surface area contributed by atoms with E-state index < -0.39 is 17.6 Å². The van der Waals surface area contributed by atoms with Crippen LogP contribution in [-0.4, -0.2) is 50.5 Å². The predicted molar refractivity (Wildman–Crippen MR) is 139 cm³/mol. The number of amides is 2. The summed E-state index contributed by atoms with van der Waals surface area (Å²) < 4.78 is 7.16. The number of aromatic nitrogens is 2. The van der Waals surface area contributed by atoms with Crippen molar-refractivity contribution in [1.29, 1.82) is 0 Å². The molecule has 2 aromatic carbocycles. The minimum atomic E-state index is -0.748. The maximum atomic E-state index is 14.0. The third-order valence-corrected chi connectivity index (χ3v) is 6.41. The minimum absolute atomic E-state index is 0.298. The molecule has 0 aliphatic heterocycles. The molecule has 1 heterocycles. The van der Waals surface area contributed by atoms with Crippen LogP contribution in [0, 0.1) is 5.92 Å². The van der Waals surface area contributed by atoms with Gasteiger partial charge in [-0.1, -0.05) is 54.4 Å². The number of nitrogens with zero attached hydrogens (tertiary/aromatic N) is 4. The lowest BCUT2D eigenvalue weighted by atomic mass is 10.0. The molecule has 1 fully saturated rings. The zero-order chi connectivity index (χ0) is 25.5. The SMILES string of the molecule is CCN(CC1CC1)N(C(=O)OC(C)(C)C)C(=O)c1c2cccc(-c3ccc(Cl)cc3Cl)c2nn1C. The van der Waals surface area contributed by atoms with Gasteiger partial charge in [-0.25, -0.2) is 9.80 Å². The Morgan fingerprint density at radius 2 is 1.86 bits per heavy atom. The number of imide groups is 1. The third-order valence-electron chi connectivity index (χ3n) is 5.86. The number of hydrogen-bond donors (Lipinski definition) is 0. The molecular weight excluding hydrogens is 487 g/mol. The third kappa shape index (κ3) is 5.47. The zero-order valence-electron chi connectivity index (χ0n) is 20.6. The molecular formula is C26H30Cl2N4O3. The fraction of sp³-hybridized carbons (Fsp3) is 0.423. The predicted octanol–water partition coefficient (Wildman–Crippen LogP) is 6.57. The molecule has 9 heteroatoms. The summed E-state index contributed by atoms with van der Waals surface area (Å²) in [6.45, 7) is 8.38. The summed E-state index contributed by atoms with van der Waals surface area (Å²) in [4.78, 5) is 27.3. The van der Waals surface area contributed by atoms with Gasteiger partial charge in [0.05, 0.1) is 0 Å². The van der Waals surface area contributed by atoms with Crippen LogP contribution >= 0.6 is 23.2 Å². The Hall–Kier alpha value is -2.61. The summed E-state index contributed by atoms with van der Waals surface area (Å²) in [6, 6.07) is 10.8. The van der Waals surface area contributed by atoms with Crippen LogP contribution in [0.25, 0.3) is 22.0 Å². The quantitative estimate of drug-likeness (QED) is 0.346. The standard InChI is InChI=1S/C26H30Cl2N4O3/c1-6-31(15-16-10-11-16)32(25(34)35-26(2,3)4)24(33)23-20-9-7-8-19(22(20)29-30(23)5)18-13-12-17(27)14-21(18)28/h7-9,12-14,16H,6,10-11,15H2,1-5H3. The Bertz CT molecular complexity index is 1280. The number of hydrazine groups is 1. The highest BCUT2D eigenvalue weighted by atomic mass is 35.5. The summed E-state index contributed by atoms with van der Waals surface area (Å²) in [5.74, 6) is -0.0132. The van der Waals surface area contributed by atoms with Crippen molar-refractivity contribution in [3.8, 4) is 11.1 Å². The van der Waals surface area contributed by atoms with Crippen molar-refractivity contribution in [2.75, 3.05) is 13.1 Å². The first-order valence-electron chi connectivity index (χ1n) is 11.7. The maximum Gasteiger partial charge on any atom is 0.432 e. The van der Waals surface area contributed by atoms with Gasteiger partial charge < -0.3 is 4.74 Å². The first kappa shape index (κ1) is 25.5.